The van der Waals surface area contributed by atoms with Gasteiger partial charge in [0, 0.05) is 0 Å². The minimum Gasteiger partial charge on any atom is -0.872 e. The zero-order valence-corrected chi connectivity index (χ0v) is 28.2. The Morgan fingerprint density at radius 1 is 0.537 bits per heavy atom. The first-order valence-electron chi connectivity index (χ1n) is 14.3. The molecule has 2 aromatic carbocycles. The molecule has 0 saturated heterocycles. The van der Waals surface area contributed by atoms with E-state index in [1.165, 1.54) is 0 Å². The second kappa shape index (κ2) is 14.1. The van der Waals surface area contributed by atoms with E-state index in [-0.39, 0.29) is 61.4 Å². The molecule has 0 aliphatic heterocycles. The number of carbonyl (C=O) groups is 2. The summed E-state index contributed by atoms with van der Waals surface area (Å²) >= 11 is 0. The van der Waals surface area contributed by atoms with Gasteiger partial charge in [-0.1, -0.05) is 83.1 Å². The molecule has 0 bridgehead atoms. The van der Waals surface area contributed by atoms with E-state index in [0.717, 1.165) is 25.7 Å². The molecule has 229 valence electrons. The summed E-state index contributed by atoms with van der Waals surface area (Å²) in [5.74, 6) is -1.97. The number of aromatic carboxylic acids is 2. The van der Waals surface area contributed by atoms with E-state index in [0.29, 0.717) is 22.3 Å². The van der Waals surface area contributed by atoms with Crippen LogP contribution in [0.15, 0.2) is 24.3 Å². The van der Waals surface area contributed by atoms with Crippen LogP contribution in [0.4, 0.5) is 0 Å². The van der Waals surface area contributed by atoms with Crippen molar-refractivity contribution in [2.24, 2.45) is 0 Å². The molecule has 0 unspecified atom stereocenters. The smallest absolute Gasteiger partial charge is 0.872 e. The van der Waals surface area contributed by atoms with E-state index < -0.39 is 11.9 Å². The molecule has 0 amide bonds. The van der Waals surface area contributed by atoms with Crippen molar-refractivity contribution in [1.29, 1.82) is 0 Å². The van der Waals surface area contributed by atoms with Gasteiger partial charge in [0.25, 0.3) is 0 Å². The van der Waals surface area contributed by atoms with Gasteiger partial charge in [-0.25, -0.2) is 9.59 Å². The molecule has 0 aliphatic carbocycles. The summed E-state index contributed by atoms with van der Waals surface area (Å²) in [4.78, 5) is 22.7. The first-order chi connectivity index (χ1) is 18.1. The van der Waals surface area contributed by atoms with Gasteiger partial charge in [0.05, 0.1) is 11.1 Å². The van der Waals surface area contributed by atoms with Crippen LogP contribution in [0.1, 0.15) is 152 Å². The van der Waals surface area contributed by atoms with E-state index in [4.69, 9.17) is 0 Å². The third-order valence-corrected chi connectivity index (χ3v) is 9.12. The molecule has 2 aromatic rings. The molecular weight excluding hydrogens is 559 g/mol. The van der Waals surface area contributed by atoms with Gasteiger partial charge in [0.2, 0.25) is 0 Å². The molecule has 0 fully saturated rings. The summed E-state index contributed by atoms with van der Waals surface area (Å²) in [7, 11) is 0. The van der Waals surface area contributed by atoms with Gasteiger partial charge in [0.15, 0.2) is 0 Å². The standard InChI is InChI=1S/2C17H26O3.Mn/c2*1-7-16(3,4)12-9-11(15(19)20)10-13(14(12)18)17(5,6)8-2;/h2*9-10,18H,7-8H2,1-6H3,(H,19,20);/q;;+2/p-2. The molecular formula is C34H50MnO6. The molecule has 0 spiro atoms. The van der Waals surface area contributed by atoms with Gasteiger partial charge in [-0.3, -0.25) is 0 Å². The quantitative estimate of drug-likeness (QED) is 0.267. The third-order valence-electron chi connectivity index (χ3n) is 9.12. The number of hydrogen-bond donors (Lipinski definition) is 2. The number of benzene rings is 2. The maximum atomic E-state index is 12.8. The van der Waals surface area contributed by atoms with Crippen molar-refractivity contribution in [3.05, 3.63) is 57.6 Å². The Balaban J connectivity index is 0.000000762. The number of rotatable bonds is 10. The van der Waals surface area contributed by atoms with Crippen LogP contribution >= 0.6 is 0 Å². The van der Waals surface area contributed by atoms with Crippen LogP contribution in [-0.4, -0.2) is 22.2 Å². The maximum Gasteiger partial charge on any atom is 2.00 e. The fourth-order valence-corrected chi connectivity index (χ4v) is 4.28. The van der Waals surface area contributed by atoms with Crippen molar-refractivity contribution in [3.8, 4) is 11.5 Å². The fourth-order valence-electron chi connectivity index (χ4n) is 4.28. The Bertz CT molecular complexity index is 1050. The predicted octanol–water partition coefficient (Wildman–Crippen LogP) is 7.66. The summed E-state index contributed by atoms with van der Waals surface area (Å²) in [5, 5.41) is 44.1. The van der Waals surface area contributed by atoms with Gasteiger partial charge >= 0.3 is 29.0 Å². The molecule has 2 rings (SSSR count). The Morgan fingerprint density at radius 3 is 0.829 bits per heavy atom. The molecule has 7 heteroatoms. The van der Waals surface area contributed by atoms with Crippen LogP contribution in [0.2, 0.25) is 0 Å². The SMILES string of the molecule is CCC(C)(C)c1cc(C(=O)O)cc(C(C)(C)CC)c1[O-].CCC(C)(C)c1cc(C(=O)O)cc(C(C)(C)CC)c1[O-].[Mn+2]. The van der Waals surface area contributed by atoms with E-state index in [1.54, 1.807) is 24.3 Å². The zero-order valence-electron chi connectivity index (χ0n) is 27.0. The van der Waals surface area contributed by atoms with Gasteiger partial charge in [0.1, 0.15) is 0 Å². The second-order valence-corrected chi connectivity index (χ2v) is 13.4. The Kier molecular flexibility index (Phi) is 13.3. The van der Waals surface area contributed by atoms with Gasteiger partial charge in [-0.2, -0.15) is 0 Å². The van der Waals surface area contributed by atoms with E-state index >= 15 is 0 Å². The van der Waals surface area contributed by atoms with Crippen LogP contribution in [0.5, 0.6) is 11.5 Å². The number of carboxylic acid groups (broad SMARTS) is 2. The Morgan fingerprint density at radius 2 is 0.707 bits per heavy atom. The fraction of sp³-hybridized carbons (Fsp3) is 0.588. The van der Waals surface area contributed by atoms with E-state index in [9.17, 15) is 30.0 Å². The summed E-state index contributed by atoms with van der Waals surface area (Å²) in [5.41, 5.74) is 1.57. The van der Waals surface area contributed by atoms with Gasteiger partial charge in [-0.05, 0) is 93.9 Å². The Labute approximate surface area is 258 Å². The Hall–Kier alpha value is -2.50. The van der Waals surface area contributed by atoms with Crippen molar-refractivity contribution in [3.63, 3.8) is 0 Å². The van der Waals surface area contributed by atoms with E-state index in [1.807, 2.05) is 83.1 Å². The normalized spacial score (nSPS) is 12.2. The predicted molar refractivity (Wildman–Crippen MR) is 159 cm³/mol. The van der Waals surface area contributed by atoms with Crippen molar-refractivity contribution >= 4 is 11.9 Å². The monoisotopic (exact) mass is 609 g/mol. The minimum absolute atomic E-state index is 0. The molecule has 0 saturated carbocycles. The van der Waals surface area contributed by atoms with Crippen molar-refractivity contribution < 1.29 is 47.1 Å². The molecule has 2 N–H and O–H groups in total. The topological polar surface area (TPSA) is 121 Å². The maximum absolute atomic E-state index is 12.8. The van der Waals surface area contributed by atoms with Crippen LogP contribution in [-0.2, 0) is 38.7 Å². The van der Waals surface area contributed by atoms with Crippen molar-refractivity contribution in [1.82, 2.24) is 0 Å². The molecule has 0 aliphatic rings. The largest absolute Gasteiger partial charge is 2.00 e. The van der Waals surface area contributed by atoms with Crippen molar-refractivity contribution in [2.75, 3.05) is 0 Å². The summed E-state index contributed by atoms with van der Waals surface area (Å²) in [6.45, 7) is 23.9. The van der Waals surface area contributed by atoms with Gasteiger partial charge in [-0.15, -0.1) is 11.5 Å². The van der Waals surface area contributed by atoms with Crippen LogP contribution < -0.4 is 10.2 Å². The van der Waals surface area contributed by atoms with E-state index in [2.05, 4.69) is 0 Å². The first kappa shape index (κ1) is 38.5. The molecule has 1 radical (unpaired) electrons. The minimum atomic E-state index is -0.980. The summed E-state index contributed by atoms with van der Waals surface area (Å²) < 4.78 is 0. The second-order valence-electron chi connectivity index (χ2n) is 13.4. The zero-order chi connectivity index (χ0) is 31.4. The molecule has 41 heavy (non-hydrogen) atoms. The first-order valence-corrected chi connectivity index (χ1v) is 14.3. The average molecular weight is 610 g/mol. The molecule has 0 heterocycles. The number of carboxylic acids is 2. The summed E-state index contributed by atoms with van der Waals surface area (Å²) in [6.07, 6.45) is 3.16. The van der Waals surface area contributed by atoms with Gasteiger partial charge < -0.3 is 20.4 Å². The van der Waals surface area contributed by atoms with Crippen molar-refractivity contribution in [2.45, 2.75) is 130 Å². The molecule has 6 nitrogen and oxygen atoms in total. The molecule has 0 atom stereocenters. The van der Waals surface area contributed by atoms with Crippen LogP contribution in [0.3, 0.4) is 0 Å². The third kappa shape index (κ3) is 8.75. The number of hydrogen-bond acceptors (Lipinski definition) is 4. The van der Waals surface area contributed by atoms with Crippen LogP contribution in [0, 0.1) is 0 Å². The summed E-state index contributed by atoms with van der Waals surface area (Å²) in [6, 6.07) is 6.18. The van der Waals surface area contributed by atoms with Crippen LogP contribution in [0.25, 0.3) is 0 Å². The average Bonchev–Trinajstić information content (AvgIpc) is 2.88. The molecule has 0 aromatic heterocycles.